The van der Waals surface area contributed by atoms with Crippen molar-refractivity contribution in [3.05, 3.63) is 35.2 Å². The average Bonchev–Trinajstić information content (AvgIpc) is 3.13. The number of carbonyl (C=O) groups excluding carboxylic acids is 1. The van der Waals surface area contributed by atoms with Crippen LogP contribution in [0, 0.1) is 5.92 Å². The summed E-state index contributed by atoms with van der Waals surface area (Å²) >= 11 is 1.46. The van der Waals surface area contributed by atoms with Gasteiger partial charge in [0.1, 0.15) is 6.26 Å². The number of aromatic nitrogens is 1. The summed E-state index contributed by atoms with van der Waals surface area (Å²) in [6.45, 7) is 5.44. The topological polar surface area (TPSA) is 58.4 Å². The molecule has 2 aromatic heterocycles. The van der Waals surface area contributed by atoms with E-state index in [1.165, 1.54) is 36.7 Å². The zero-order valence-electron chi connectivity index (χ0n) is 12.0. The Morgan fingerprint density at radius 1 is 1.52 bits per heavy atom. The maximum atomic E-state index is 11.9. The summed E-state index contributed by atoms with van der Waals surface area (Å²) in [7, 11) is 0. The van der Waals surface area contributed by atoms with Gasteiger partial charge in [-0.05, 0) is 37.9 Å². The monoisotopic (exact) mass is 305 g/mol. The van der Waals surface area contributed by atoms with Crippen LogP contribution in [-0.2, 0) is 6.54 Å². The van der Waals surface area contributed by atoms with Crippen molar-refractivity contribution in [2.24, 2.45) is 5.92 Å². The van der Waals surface area contributed by atoms with Gasteiger partial charge < -0.3 is 4.42 Å². The van der Waals surface area contributed by atoms with Gasteiger partial charge in [-0.1, -0.05) is 6.92 Å². The van der Waals surface area contributed by atoms with Crippen LogP contribution in [0.15, 0.2) is 28.4 Å². The minimum absolute atomic E-state index is 0.184. The molecule has 1 aliphatic rings. The van der Waals surface area contributed by atoms with E-state index in [0.717, 1.165) is 31.2 Å². The lowest BCUT2D eigenvalue weighted by Crippen LogP contribution is -2.32. The minimum atomic E-state index is -0.184. The Morgan fingerprint density at radius 3 is 3.05 bits per heavy atom. The van der Waals surface area contributed by atoms with Gasteiger partial charge in [-0.2, -0.15) is 0 Å². The van der Waals surface area contributed by atoms with E-state index in [4.69, 9.17) is 4.42 Å². The van der Waals surface area contributed by atoms with Crippen molar-refractivity contribution in [3.8, 4) is 0 Å². The summed E-state index contributed by atoms with van der Waals surface area (Å²) in [6, 6.07) is 1.64. The van der Waals surface area contributed by atoms with Crippen LogP contribution in [0.5, 0.6) is 0 Å². The molecule has 112 valence electrons. The number of likely N-dealkylation sites (tertiary alicyclic amines) is 1. The number of anilines is 1. The largest absolute Gasteiger partial charge is 0.472 e. The molecule has 1 fully saturated rings. The fourth-order valence-electron chi connectivity index (χ4n) is 2.45. The Morgan fingerprint density at radius 2 is 2.33 bits per heavy atom. The summed E-state index contributed by atoms with van der Waals surface area (Å²) in [4.78, 5) is 18.8. The zero-order valence-corrected chi connectivity index (χ0v) is 12.9. The van der Waals surface area contributed by atoms with E-state index < -0.39 is 0 Å². The lowest BCUT2D eigenvalue weighted by atomic mass is 9.99. The third kappa shape index (κ3) is 3.71. The first-order valence-electron chi connectivity index (χ1n) is 7.21. The van der Waals surface area contributed by atoms with E-state index >= 15 is 0 Å². The molecule has 21 heavy (non-hydrogen) atoms. The fraction of sp³-hybridized carbons (Fsp3) is 0.467. The average molecular weight is 305 g/mol. The molecule has 0 saturated carbocycles. The van der Waals surface area contributed by atoms with E-state index in [2.05, 4.69) is 22.1 Å². The van der Waals surface area contributed by atoms with Crippen LogP contribution in [0.1, 0.15) is 35.8 Å². The smallest absolute Gasteiger partial charge is 0.260 e. The van der Waals surface area contributed by atoms with Crippen LogP contribution in [0.3, 0.4) is 0 Å². The maximum absolute atomic E-state index is 11.9. The Bertz CT molecular complexity index is 586. The molecule has 0 atom stereocenters. The van der Waals surface area contributed by atoms with E-state index in [9.17, 15) is 4.79 Å². The third-order valence-electron chi connectivity index (χ3n) is 3.82. The van der Waals surface area contributed by atoms with Gasteiger partial charge in [0.05, 0.1) is 17.5 Å². The summed E-state index contributed by atoms with van der Waals surface area (Å²) in [6.07, 6.45) is 5.43. The van der Waals surface area contributed by atoms with Crippen molar-refractivity contribution in [2.45, 2.75) is 26.3 Å². The van der Waals surface area contributed by atoms with Crippen LogP contribution in [-0.4, -0.2) is 28.9 Å². The SMILES string of the molecule is CC1CCN(Cc2csc(NC(=O)c3ccoc3)n2)CC1. The van der Waals surface area contributed by atoms with Crippen LogP contribution in [0.25, 0.3) is 0 Å². The molecule has 1 saturated heterocycles. The maximum Gasteiger partial charge on any atom is 0.260 e. The molecule has 1 N–H and O–H groups in total. The highest BCUT2D eigenvalue weighted by atomic mass is 32.1. The summed E-state index contributed by atoms with van der Waals surface area (Å²) < 4.78 is 4.90. The standard InChI is InChI=1S/C15H19N3O2S/c1-11-2-5-18(6-3-11)8-13-10-21-15(16-13)17-14(19)12-4-7-20-9-12/h4,7,9-11H,2-3,5-6,8H2,1H3,(H,16,17,19). The number of nitrogens with one attached hydrogen (secondary N) is 1. The Balaban J connectivity index is 1.55. The van der Waals surface area contributed by atoms with E-state index in [1.807, 2.05) is 5.38 Å². The van der Waals surface area contributed by atoms with Crippen LogP contribution in [0.4, 0.5) is 5.13 Å². The lowest BCUT2D eigenvalue weighted by molar-refractivity contribution is 0.102. The number of rotatable bonds is 4. The van der Waals surface area contributed by atoms with Gasteiger partial charge >= 0.3 is 0 Å². The van der Waals surface area contributed by atoms with Crippen LogP contribution in [0.2, 0.25) is 0 Å². The predicted molar refractivity (Wildman–Crippen MR) is 82.5 cm³/mol. The van der Waals surface area contributed by atoms with E-state index in [0.29, 0.717) is 10.7 Å². The summed E-state index contributed by atoms with van der Waals surface area (Å²) in [5.41, 5.74) is 1.54. The number of hydrogen-bond acceptors (Lipinski definition) is 5. The first-order chi connectivity index (χ1) is 10.2. The fourth-order valence-corrected chi connectivity index (χ4v) is 3.15. The minimum Gasteiger partial charge on any atom is -0.472 e. The highest BCUT2D eigenvalue weighted by Gasteiger charge is 2.17. The van der Waals surface area contributed by atoms with Crippen molar-refractivity contribution in [2.75, 3.05) is 18.4 Å². The number of nitrogens with zero attached hydrogens (tertiary/aromatic N) is 2. The quantitative estimate of drug-likeness (QED) is 0.942. The molecule has 3 rings (SSSR count). The zero-order chi connectivity index (χ0) is 14.7. The van der Waals surface area contributed by atoms with Gasteiger partial charge in [0.15, 0.2) is 5.13 Å². The normalized spacial score (nSPS) is 17.0. The number of furan rings is 1. The Hall–Kier alpha value is -1.66. The highest BCUT2D eigenvalue weighted by molar-refractivity contribution is 7.13. The molecule has 3 heterocycles. The highest BCUT2D eigenvalue weighted by Crippen LogP contribution is 2.21. The molecular formula is C15H19N3O2S. The number of amides is 1. The number of thiazole rings is 1. The van der Waals surface area contributed by atoms with E-state index in [-0.39, 0.29) is 5.91 Å². The molecule has 0 bridgehead atoms. The summed E-state index contributed by atoms with van der Waals surface area (Å²) in [5, 5.41) is 5.46. The molecule has 0 aromatic carbocycles. The van der Waals surface area contributed by atoms with Gasteiger partial charge in [-0.3, -0.25) is 15.0 Å². The molecule has 5 nitrogen and oxygen atoms in total. The van der Waals surface area contributed by atoms with E-state index in [1.54, 1.807) is 6.07 Å². The number of piperidine rings is 1. The van der Waals surface area contributed by atoms with Crippen molar-refractivity contribution in [3.63, 3.8) is 0 Å². The first kappa shape index (κ1) is 14.3. The molecular weight excluding hydrogens is 286 g/mol. The molecule has 1 amide bonds. The van der Waals surface area contributed by atoms with Crippen molar-refractivity contribution in [1.82, 2.24) is 9.88 Å². The molecule has 2 aromatic rings. The molecule has 1 aliphatic heterocycles. The van der Waals surface area contributed by atoms with Gasteiger partial charge in [0.25, 0.3) is 5.91 Å². The molecule has 0 aliphatic carbocycles. The van der Waals surface area contributed by atoms with Crippen LogP contribution >= 0.6 is 11.3 Å². The Kier molecular flexibility index (Phi) is 4.36. The third-order valence-corrected chi connectivity index (χ3v) is 4.62. The molecule has 0 unspecified atom stereocenters. The molecule has 0 radical (unpaired) electrons. The van der Waals surface area contributed by atoms with Gasteiger partial charge in [-0.15, -0.1) is 11.3 Å². The lowest BCUT2D eigenvalue weighted by Gasteiger charge is -2.29. The van der Waals surface area contributed by atoms with Crippen LogP contribution < -0.4 is 5.32 Å². The second-order valence-electron chi connectivity index (χ2n) is 5.57. The molecule has 0 spiro atoms. The van der Waals surface area contributed by atoms with Gasteiger partial charge in [-0.25, -0.2) is 4.98 Å². The Labute approximate surface area is 128 Å². The number of hydrogen-bond donors (Lipinski definition) is 1. The van der Waals surface area contributed by atoms with Crippen molar-refractivity contribution in [1.29, 1.82) is 0 Å². The van der Waals surface area contributed by atoms with Gasteiger partial charge in [0, 0.05) is 11.9 Å². The van der Waals surface area contributed by atoms with Crippen molar-refractivity contribution < 1.29 is 9.21 Å². The predicted octanol–water partition coefficient (Wildman–Crippen LogP) is 3.22. The molecule has 6 heteroatoms. The summed E-state index contributed by atoms with van der Waals surface area (Å²) in [5.74, 6) is 0.651. The second kappa shape index (κ2) is 6.41. The van der Waals surface area contributed by atoms with Crippen molar-refractivity contribution >= 4 is 22.4 Å². The number of carbonyl (C=O) groups is 1. The first-order valence-corrected chi connectivity index (χ1v) is 8.09. The second-order valence-corrected chi connectivity index (χ2v) is 6.43. The van der Waals surface area contributed by atoms with Gasteiger partial charge in [0.2, 0.25) is 0 Å².